The van der Waals surface area contributed by atoms with E-state index in [2.05, 4.69) is 4.98 Å². The van der Waals surface area contributed by atoms with Crippen LogP contribution in [0.4, 0.5) is 11.5 Å². The minimum Gasteiger partial charge on any atom is -0.385 e. The number of H-pyrrole nitrogens is 1. The quantitative estimate of drug-likeness (QED) is 0.586. The average molecular weight is 463 g/mol. The third-order valence-electron chi connectivity index (χ3n) is 5.71. The van der Waals surface area contributed by atoms with Crippen LogP contribution >= 0.6 is 11.3 Å². The lowest BCUT2D eigenvalue weighted by atomic mass is 10.00. The minimum atomic E-state index is -0.645. The van der Waals surface area contributed by atoms with Gasteiger partial charge in [-0.25, -0.2) is 4.79 Å². The Kier molecular flexibility index (Phi) is 8.31. The Morgan fingerprint density at radius 3 is 2.66 bits per heavy atom. The van der Waals surface area contributed by atoms with Crippen molar-refractivity contribution in [2.24, 2.45) is 5.92 Å². The van der Waals surface area contributed by atoms with Crippen LogP contribution in [0.25, 0.3) is 0 Å². The van der Waals surface area contributed by atoms with E-state index in [1.54, 1.807) is 7.11 Å². The Labute approximate surface area is 192 Å². The summed E-state index contributed by atoms with van der Waals surface area (Å²) >= 11 is 1.51. The van der Waals surface area contributed by atoms with Crippen LogP contribution < -0.4 is 21.9 Å². The molecule has 0 atom stereocenters. The van der Waals surface area contributed by atoms with E-state index in [4.69, 9.17) is 10.5 Å². The largest absolute Gasteiger partial charge is 0.385 e. The lowest BCUT2D eigenvalue weighted by Gasteiger charge is -2.24. The zero-order valence-corrected chi connectivity index (χ0v) is 20.1. The number of aryl methyl sites for hydroxylation is 2. The number of amides is 1. The molecule has 3 N–H and O–H groups in total. The predicted molar refractivity (Wildman–Crippen MR) is 129 cm³/mol. The Hall–Kier alpha value is -2.39. The summed E-state index contributed by atoms with van der Waals surface area (Å²) in [5.41, 5.74) is 6.38. The lowest BCUT2D eigenvalue weighted by molar-refractivity contribution is 0.0987. The second-order valence-electron chi connectivity index (χ2n) is 8.77. The minimum absolute atomic E-state index is 0.0214. The maximum absolute atomic E-state index is 13.7. The number of aromatic amines is 1. The fraction of sp³-hybridized carbons (Fsp3) is 0.609. The number of anilines is 2. The number of hydrogen-bond donors (Lipinski definition) is 2. The van der Waals surface area contributed by atoms with Crippen molar-refractivity contribution in [3.8, 4) is 0 Å². The van der Waals surface area contributed by atoms with E-state index < -0.39 is 11.2 Å². The summed E-state index contributed by atoms with van der Waals surface area (Å²) in [6, 6.07) is 1.98. The standard InChI is InChI=1S/C23H34N4O4S/c1-15(2)14-27-20(24)19(21(28)25-23(27)30)26(11-8-12-31-3)22(29)18-13-16-9-6-4-5-7-10-17(16)32-18/h13,15H,4-12,14,24H2,1-3H3,(H,25,28,30). The number of fused-ring (bicyclic) bond motifs is 1. The van der Waals surface area contributed by atoms with Gasteiger partial charge in [0.15, 0.2) is 5.69 Å². The smallest absolute Gasteiger partial charge is 0.330 e. The molecule has 1 aliphatic carbocycles. The molecule has 0 radical (unpaired) electrons. The first-order chi connectivity index (χ1) is 15.3. The monoisotopic (exact) mass is 462 g/mol. The number of ether oxygens (including phenoxy) is 1. The highest BCUT2D eigenvalue weighted by molar-refractivity contribution is 7.14. The molecular weight excluding hydrogens is 428 g/mol. The molecule has 2 heterocycles. The fourth-order valence-electron chi connectivity index (χ4n) is 4.15. The summed E-state index contributed by atoms with van der Waals surface area (Å²) in [6.07, 6.45) is 7.19. The number of thiophene rings is 1. The number of nitrogens with zero attached hydrogens (tertiary/aromatic N) is 2. The molecule has 32 heavy (non-hydrogen) atoms. The summed E-state index contributed by atoms with van der Waals surface area (Å²) < 4.78 is 6.49. The number of hydrogen-bond acceptors (Lipinski definition) is 6. The zero-order valence-electron chi connectivity index (χ0n) is 19.2. The topological polar surface area (TPSA) is 110 Å². The van der Waals surface area contributed by atoms with Gasteiger partial charge in [-0.05, 0) is 49.7 Å². The van der Waals surface area contributed by atoms with E-state index in [0.717, 1.165) is 25.7 Å². The molecule has 176 valence electrons. The van der Waals surface area contributed by atoms with E-state index in [1.807, 2.05) is 19.9 Å². The molecule has 0 spiro atoms. The number of rotatable bonds is 8. The van der Waals surface area contributed by atoms with Gasteiger partial charge >= 0.3 is 5.69 Å². The Morgan fingerprint density at radius 2 is 1.97 bits per heavy atom. The van der Waals surface area contributed by atoms with Crippen LogP contribution in [0.2, 0.25) is 0 Å². The van der Waals surface area contributed by atoms with Gasteiger partial charge in [0.25, 0.3) is 11.5 Å². The molecule has 0 bridgehead atoms. The van der Waals surface area contributed by atoms with Crippen molar-refractivity contribution < 1.29 is 9.53 Å². The number of aromatic nitrogens is 2. The van der Waals surface area contributed by atoms with Crippen molar-refractivity contribution >= 4 is 28.7 Å². The van der Waals surface area contributed by atoms with E-state index in [9.17, 15) is 14.4 Å². The number of carbonyl (C=O) groups is 1. The molecule has 2 aromatic rings. The van der Waals surface area contributed by atoms with Crippen LogP contribution in [0.15, 0.2) is 15.7 Å². The Bertz CT molecular complexity index is 1030. The van der Waals surface area contributed by atoms with Crippen molar-refractivity contribution in [1.82, 2.24) is 9.55 Å². The highest BCUT2D eigenvalue weighted by Gasteiger charge is 2.27. The third-order valence-corrected chi connectivity index (χ3v) is 6.94. The van der Waals surface area contributed by atoms with Crippen molar-refractivity contribution in [3.05, 3.63) is 42.2 Å². The number of nitrogen functional groups attached to an aromatic ring is 1. The average Bonchev–Trinajstić information content (AvgIpc) is 3.11. The highest BCUT2D eigenvalue weighted by atomic mass is 32.1. The molecule has 0 saturated heterocycles. The van der Waals surface area contributed by atoms with Crippen LogP contribution in [0.3, 0.4) is 0 Å². The SMILES string of the molecule is COCCCN(C(=O)c1cc2c(s1)CCCCCC2)c1c(N)n(CC(C)C)c(=O)[nH]c1=O. The molecule has 9 heteroatoms. The summed E-state index contributed by atoms with van der Waals surface area (Å²) in [7, 11) is 1.59. The van der Waals surface area contributed by atoms with Gasteiger partial charge in [0.05, 0.1) is 4.88 Å². The van der Waals surface area contributed by atoms with Crippen molar-refractivity contribution in [1.29, 1.82) is 0 Å². The van der Waals surface area contributed by atoms with Crippen LogP contribution in [0.1, 0.15) is 66.1 Å². The number of carbonyl (C=O) groups excluding carboxylic acids is 1. The second kappa shape index (κ2) is 11.0. The van der Waals surface area contributed by atoms with Gasteiger partial charge in [0.1, 0.15) is 5.82 Å². The van der Waals surface area contributed by atoms with Gasteiger partial charge in [-0.15, -0.1) is 11.3 Å². The summed E-state index contributed by atoms with van der Waals surface area (Å²) in [6.45, 7) is 4.97. The van der Waals surface area contributed by atoms with Crippen molar-refractivity contribution in [3.63, 3.8) is 0 Å². The molecule has 0 fully saturated rings. The number of nitrogens with two attached hydrogens (primary N) is 1. The normalized spacial score (nSPS) is 14.1. The van der Waals surface area contributed by atoms with Crippen molar-refractivity contribution in [2.45, 2.75) is 65.3 Å². The molecule has 2 aromatic heterocycles. The lowest BCUT2D eigenvalue weighted by Crippen LogP contribution is -2.42. The summed E-state index contributed by atoms with van der Waals surface area (Å²) in [5, 5.41) is 0. The highest BCUT2D eigenvalue weighted by Crippen LogP contribution is 2.30. The van der Waals surface area contributed by atoms with Gasteiger partial charge < -0.3 is 10.5 Å². The molecule has 0 aromatic carbocycles. The summed E-state index contributed by atoms with van der Waals surface area (Å²) in [5.74, 6) is -0.0961. The molecule has 0 saturated carbocycles. The molecule has 0 unspecified atom stereocenters. The van der Waals surface area contributed by atoms with Gasteiger partial charge in [-0.1, -0.05) is 26.7 Å². The molecule has 0 aliphatic heterocycles. The molecular formula is C23H34N4O4S. The maximum Gasteiger partial charge on any atom is 0.330 e. The van der Waals surface area contributed by atoms with E-state index in [-0.39, 0.29) is 29.9 Å². The predicted octanol–water partition coefficient (Wildman–Crippen LogP) is 3.18. The van der Waals surface area contributed by atoms with Gasteiger partial charge in [0, 0.05) is 31.7 Å². The Morgan fingerprint density at radius 1 is 1.25 bits per heavy atom. The van der Waals surface area contributed by atoms with Gasteiger partial charge in [0.2, 0.25) is 0 Å². The van der Waals surface area contributed by atoms with E-state index in [0.29, 0.717) is 24.4 Å². The van der Waals surface area contributed by atoms with E-state index in [1.165, 1.54) is 44.1 Å². The van der Waals surface area contributed by atoms with Gasteiger partial charge in [-0.2, -0.15) is 0 Å². The zero-order chi connectivity index (χ0) is 23.3. The van der Waals surface area contributed by atoms with Gasteiger partial charge in [-0.3, -0.25) is 24.0 Å². The number of nitrogens with one attached hydrogen (secondary N) is 1. The van der Waals surface area contributed by atoms with Crippen LogP contribution in [0.5, 0.6) is 0 Å². The van der Waals surface area contributed by atoms with Crippen LogP contribution in [0, 0.1) is 5.92 Å². The van der Waals surface area contributed by atoms with Crippen molar-refractivity contribution in [2.75, 3.05) is 30.9 Å². The van der Waals surface area contributed by atoms with Crippen LogP contribution in [-0.4, -0.2) is 35.7 Å². The first-order valence-corrected chi connectivity index (χ1v) is 12.2. The second-order valence-corrected chi connectivity index (χ2v) is 9.91. The first-order valence-electron chi connectivity index (χ1n) is 11.4. The number of methoxy groups -OCH3 is 1. The molecule has 1 aliphatic rings. The summed E-state index contributed by atoms with van der Waals surface area (Å²) in [4.78, 5) is 44.5. The van der Waals surface area contributed by atoms with E-state index >= 15 is 0 Å². The first kappa shape index (κ1) is 24.3. The maximum atomic E-state index is 13.7. The molecule has 3 rings (SSSR count). The third kappa shape index (κ3) is 5.50. The Balaban J connectivity index is 2.04. The molecule has 8 nitrogen and oxygen atoms in total. The molecule has 1 amide bonds. The van der Waals surface area contributed by atoms with Crippen LogP contribution in [-0.2, 0) is 24.1 Å². The fourth-order valence-corrected chi connectivity index (χ4v) is 5.35.